The van der Waals surface area contributed by atoms with Crippen LogP contribution in [0, 0.1) is 0 Å². The molecule has 6 N–H and O–H groups in total. The molecular formula is C59H105NO10. The van der Waals surface area contributed by atoms with Gasteiger partial charge in [0.05, 0.1) is 32.0 Å². The van der Waals surface area contributed by atoms with Crippen LogP contribution in [0.3, 0.4) is 0 Å². The first-order valence-corrected chi connectivity index (χ1v) is 28.5. The molecule has 1 amide bonds. The lowest BCUT2D eigenvalue weighted by Crippen LogP contribution is -2.60. The molecule has 0 aromatic rings. The normalized spacial score (nSPS) is 19.7. The number of amides is 1. The van der Waals surface area contributed by atoms with Gasteiger partial charge in [-0.1, -0.05) is 183 Å². The number of nitrogens with one attached hydrogen (secondary N) is 1. The van der Waals surface area contributed by atoms with Crippen molar-refractivity contribution in [1.82, 2.24) is 5.32 Å². The fourth-order valence-electron chi connectivity index (χ4n) is 8.58. The molecular weight excluding hydrogens is 883 g/mol. The van der Waals surface area contributed by atoms with Crippen molar-refractivity contribution in [3.8, 4) is 0 Å². The zero-order chi connectivity index (χ0) is 51.0. The molecule has 0 aromatic heterocycles. The van der Waals surface area contributed by atoms with E-state index in [0.717, 1.165) is 89.9 Å². The first-order valence-electron chi connectivity index (χ1n) is 28.5. The summed E-state index contributed by atoms with van der Waals surface area (Å²) in [5.74, 6) is -0.239. The number of ether oxygens (including phenoxy) is 3. The monoisotopic (exact) mass is 988 g/mol. The number of hydrogen-bond donors (Lipinski definition) is 6. The predicted molar refractivity (Wildman–Crippen MR) is 287 cm³/mol. The number of hydrogen-bond acceptors (Lipinski definition) is 10. The number of esters is 1. The second-order valence-electron chi connectivity index (χ2n) is 19.6. The van der Waals surface area contributed by atoms with E-state index in [1.165, 1.54) is 116 Å². The van der Waals surface area contributed by atoms with E-state index in [9.17, 15) is 35.1 Å². The minimum atomic E-state index is -1.58. The van der Waals surface area contributed by atoms with Gasteiger partial charge in [0, 0.05) is 12.8 Å². The van der Waals surface area contributed by atoms with Crippen LogP contribution < -0.4 is 5.32 Å². The SMILES string of the molecule is C/C=C/CC/C=C/CC/C=C/C(O)C(COC1OC(CO)C(O)C(O)C1O)NC(=O)CCCCCCC/C=C\CCCCCCCCCCCOC(=O)CCCCCCC/C=C\CCCCCCCC. The molecule has 1 heterocycles. The van der Waals surface area contributed by atoms with Gasteiger partial charge in [-0.2, -0.15) is 0 Å². The number of unbranched alkanes of at least 4 members (excludes halogenated alkanes) is 27. The van der Waals surface area contributed by atoms with Crippen molar-refractivity contribution in [1.29, 1.82) is 0 Å². The molecule has 1 fully saturated rings. The Labute approximate surface area is 427 Å². The van der Waals surface area contributed by atoms with Crippen LogP contribution in [-0.2, 0) is 23.8 Å². The number of aliphatic hydroxyl groups is 5. The van der Waals surface area contributed by atoms with Gasteiger partial charge in [-0.25, -0.2) is 0 Å². The van der Waals surface area contributed by atoms with Crippen molar-refractivity contribution in [3.05, 3.63) is 60.8 Å². The molecule has 1 saturated heterocycles. The van der Waals surface area contributed by atoms with E-state index in [-0.39, 0.29) is 18.5 Å². The number of allylic oxidation sites excluding steroid dienone is 9. The second kappa shape index (κ2) is 48.6. The van der Waals surface area contributed by atoms with E-state index in [1.54, 1.807) is 6.08 Å². The Bertz CT molecular complexity index is 1350. The van der Waals surface area contributed by atoms with Gasteiger partial charge < -0.3 is 45.1 Å². The maximum Gasteiger partial charge on any atom is 0.305 e. The molecule has 0 aromatic carbocycles. The summed E-state index contributed by atoms with van der Waals surface area (Å²) in [6.45, 7) is 4.04. The highest BCUT2D eigenvalue weighted by molar-refractivity contribution is 5.76. The molecule has 7 atom stereocenters. The first-order chi connectivity index (χ1) is 34.2. The Balaban J connectivity index is 2.06. The first kappa shape index (κ1) is 65.4. The summed E-state index contributed by atoms with van der Waals surface area (Å²) in [6.07, 6.45) is 52.0. The van der Waals surface area contributed by atoms with Crippen molar-refractivity contribution in [2.75, 3.05) is 19.8 Å². The lowest BCUT2D eigenvalue weighted by atomic mass is 9.99. The zero-order valence-corrected chi connectivity index (χ0v) is 44.5. The Morgan fingerprint density at radius 3 is 1.50 bits per heavy atom. The third-order valence-corrected chi connectivity index (χ3v) is 13.1. The molecule has 0 bridgehead atoms. The highest BCUT2D eigenvalue weighted by Gasteiger charge is 2.44. The summed E-state index contributed by atoms with van der Waals surface area (Å²) in [7, 11) is 0. The Morgan fingerprint density at radius 2 is 0.986 bits per heavy atom. The summed E-state index contributed by atoms with van der Waals surface area (Å²) < 4.78 is 16.6. The number of carbonyl (C=O) groups is 2. The summed E-state index contributed by atoms with van der Waals surface area (Å²) in [6, 6.07) is -0.844. The second-order valence-corrected chi connectivity index (χ2v) is 19.6. The minimum absolute atomic E-state index is 0.0230. The van der Waals surface area contributed by atoms with E-state index < -0.39 is 49.5 Å². The summed E-state index contributed by atoms with van der Waals surface area (Å²) in [5.41, 5.74) is 0. The van der Waals surface area contributed by atoms with E-state index >= 15 is 0 Å². The number of aliphatic hydroxyl groups excluding tert-OH is 5. The van der Waals surface area contributed by atoms with Gasteiger partial charge in [-0.05, 0) is 103 Å². The standard InChI is InChI=1S/C59H105NO10/c1-3-5-7-9-11-13-14-15-20-24-27-31-35-39-43-47-55(64)68-48-44-40-36-32-28-25-22-19-17-16-18-21-23-26-30-34-38-42-46-54(63)60-51(52(62)45-41-37-33-29-12-10-8-6-4-2)50-69-59-58(67)57(66)56(65)53(49-61)70-59/h4,6,12,15,18,20-21,29,41,45,51-53,56-59,61-62,65-67H,3,5,7-11,13-14,16-17,19,22-28,30-40,42-44,46-50H2,1-2H3,(H,60,63)/b6-4+,20-15-,21-18-,29-12+,45-41+. The maximum atomic E-state index is 13.0. The molecule has 11 heteroatoms. The smallest absolute Gasteiger partial charge is 0.305 e. The molecule has 0 aliphatic carbocycles. The molecule has 1 aliphatic heterocycles. The lowest BCUT2D eigenvalue weighted by Gasteiger charge is -2.40. The van der Waals surface area contributed by atoms with Gasteiger partial charge in [0.25, 0.3) is 0 Å². The largest absolute Gasteiger partial charge is 0.466 e. The van der Waals surface area contributed by atoms with Gasteiger partial charge >= 0.3 is 5.97 Å². The predicted octanol–water partition coefficient (Wildman–Crippen LogP) is 12.7. The van der Waals surface area contributed by atoms with Crippen LogP contribution in [0.4, 0.5) is 0 Å². The van der Waals surface area contributed by atoms with Crippen molar-refractivity contribution in [2.24, 2.45) is 0 Å². The highest BCUT2D eigenvalue weighted by Crippen LogP contribution is 2.23. The molecule has 406 valence electrons. The van der Waals surface area contributed by atoms with E-state index in [0.29, 0.717) is 25.9 Å². The van der Waals surface area contributed by atoms with Gasteiger partial charge in [0.15, 0.2) is 6.29 Å². The van der Waals surface area contributed by atoms with Crippen molar-refractivity contribution >= 4 is 11.9 Å². The van der Waals surface area contributed by atoms with Crippen LogP contribution in [0.5, 0.6) is 0 Å². The topological polar surface area (TPSA) is 175 Å². The molecule has 7 unspecified atom stereocenters. The molecule has 11 nitrogen and oxygen atoms in total. The van der Waals surface area contributed by atoms with Crippen molar-refractivity contribution in [3.63, 3.8) is 0 Å². The molecule has 1 rings (SSSR count). The summed E-state index contributed by atoms with van der Waals surface area (Å²) >= 11 is 0. The van der Waals surface area contributed by atoms with Crippen LogP contribution >= 0.6 is 0 Å². The van der Waals surface area contributed by atoms with Crippen LogP contribution in [0.25, 0.3) is 0 Å². The van der Waals surface area contributed by atoms with Crippen molar-refractivity contribution in [2.45, 2.75) is 281 Å². The van der Waals surface area contributed by atoms with E-state index in [4.69, 9.17) is 14.2 Å². The fraction of sp³-hybridized carbons (Fsp3) is 0.797. The third-order valence-electron chi connectivity index (χ3n) is 13.1. The van der Waals surface area contributed by atoms with Gasteiger partial charge in [-0.15, -0.1) is 0 Å². The molecule has 0 saturated carbocycles. The average molecular weight is 988 g/mol. The van der Waals surface area contributed by atoms with Gasteiger partial charge in [0.1, 0.15) is 24.4 Å². The van der Waals surface area contributed by atoms with Crippen LogP contribution in [0.2, 0.25) is 0 Å². The van der Waals surface area contributed by atoms with Crippen LogP contribution in [0.1, 0.15) is 239 Å². The third kappa shape index (κ3) is 38.0. The molecule has 0 spiro atoms. The van der Waals surface area contributed by atoms with Gasteiger partial charge in [0.2, 0.25) is 5.91 Å². The Hall–Kier alpha value is -2.64. The van der Waals surface area contributed by atoms with E-state index in [1.807, 2.05) is 19.1 Å². The Morgan fingerprint density at radius 1 is 0.543 bits per heavy atom. The minimum Gasteiger partial charge on any atom is -0.466 e. The van der Waals surface area contributed by atoms with Crippen LogP contribution in [-0.4, -0.2) is 100 Å². The van der Waals surface area contributed by atoms with Crippen molar-refractivity contribution < 1.29 is 49.3 Å². The summed E-state index contributed by atoms with van der Waals surface area (Å²) in [5, 5.41) is 54.1. The fourth-order valence-corrected chi connectivity index (χ4v) is 8.58. The Kier molecular flexibility index (Phi) is 45.4. The van der Waals surface area contributed by atoms with Crippen LogP contribution in [0.15, 0.2) is 60.8 Å². The quantitative estimate of drug-likeness (QED) is 0.0196. The number of rotatable bonds is 48. The highest BCUT2D eigenvalue weighted by atomic mass is 16.7. The van der Waals surface area contributed by atoms with Gasteiger partial charge in [-0.3, -0.25) is 9.59 Å². The molecule has 70 heavy (non-hydrogen) atoms. The lowest BCUT2D eigenvalue weighted by molar-refractivity contribution is -0.302. The van der Waals surface area contributed by atoms with E-state index in [2.05, 4.69) is 54.8 Å². The average Bonchev–Trinajstić information content (AvgIpc) is 3.36. The molecule has 0 radical (unpaired) electrons. The maximum absolute atomic E-state index is 13.0. The summed E-state index contributed by atoms with van der Waals surface area (Å²) in [4.78, 5) is 25.0. The molecule has 1 aliphatic rings. The zero-order valence-electron chi connectivity index (χ0n) is 44.5. The number of carbonyl (C=O) groups excluding carboxylic acids is 2.